The molecule has 0 spiro atoms. The fourth-order valence-corrected chi connectivity index (χ4v) is 4.52. The molecule has 7 heteroatoms. The Balaban J connectivity index is 1.71. The van der Waals surface area contributed by atoms with E-state index in [4.69, 9.17) is 4.98 Å². The van der Waals surface area contributed by atoms with Crippen LogP contribution in [0.3, 0.4) is 0 Å². The molecule has 1 saturated heterocycles. The molecular weight excluding hydrogens is 409 g/mol. The monoisotopic (exact) mass is 437 g/mol. The minimum absolute atomic E-state index is 0.0457. The van der Waals surface area contributed by atoms with Gasteiger partial charge in [0.05, 0.1) is 10.9 Å². The van der Waals surface area contributed by atoms with Gasteiger partial charge < -0.3 is 10.0 Å². The molecule has 0 saturated carbocycles. The maximum absolute atomic E-state index is 14.1. The summed E-state index contributed by atoms with van der Waals surface area (Å²) in [5, 5.41) is 9.86. The Morgan fingerprint density at radius 1 is 1.25 bits per heavy atom. The number of hydrogen-bond donors (Lipinski definition) is 1. The van der Waals surface area contributed by atoms with E-state index in [0.29, 0.717) is 48.3 Å². The molecule has 32 heavy (non-hydrogen) atoms. The topological polar surface area (TPSA) is 75.4 Å². The van der Waals surface area contributed by atoms with Crippen LogP contribution >= 0.6 is 0 Å². The fourth-order valence-electron chi connectivity index (χ4n) is 4.52. The van der Waals surface area contributed by atoms with Gasteiger partial charge in [0, 0.05) is 32.0 Å². The minimum atomic E-state index is -0.916. The Kier molecular flexibility index (Phi) is 6.26. The minimum Gasteiger partial charge on any atom is -0.465 e. The van der Waals surface area contributed by atoms with Crippen LogP contribution in [0, 0.1) is 11.7 Å². The molecule has 2 heterocycles. The van der Waals surface area contributed by atoms with Crippen molar-refractivity contribution in [1.82, 2.24) is 14.5 Å². The highest BCUT2D eigenvalue weighted by atomic mass is 19.1. The molecule has 1 atom stereocenters. The highest BCUT2D eigenvalue weighted by molar-refractivity contribution is 5.78. The number of fused-ring (bicyclic) bond motifs is 1. The van der Waals surface area contributed by atoms with Gasteiger partial charge in [0.2, 0.25) is 0 Å². The number of nitrogens with zero attached hydrogens (tertiary/aromatic N) is 3. The Hall–Kier alpha value is -3.22. The van der Waals surface area contributed by atoms with Crippen molar-refractivity contribution in [2.45, 2.75) is 45.6 Å². The molecule has 0 aliphatic carbocycles. The van der Waals surface area contributed by atoms with E-state index in [0.717, 1.165) is 18.4 Å². The van der Waals surface area contributed by atoms with Crippen LogP contribution in [0.4, 0.5) is 9.18 Å². The molecule has 1 aliphatic rings. The maximum Gasteiger partial charge on any atom is 0.407 e. The number of piperidine rings is 1. The third-order valence-corrected chi connectivity index (χ3v) is 6.15. The number of likely N-dealkylation sites (tertiary alicyclic amines) is 1. The Morgan fingerprint density at radius 3 is 2.75 bits per heavy atom. The number of halogens is 1. The van der Waals surface area contributed by atoms with Crippen molar-refractivity contribution >= 4 is 17.0 Å². The average Bonchev–Trinajstić information content (AvgIpc) is 2.77. The summed E-state index contributed by atoms with van der Waals surface area (Å²) >= 11 is 0. The maximum atomic E-state index is 14.1. The lowest BCUT2D eigenvalue weighted by Crippen LogP contribution is -2.41. The second-order valence-corrected chi connectivity index (χ2v) is 8.90. The second kappa shape index (κ2) is 9.10. The van der Waals surface area contributed by atoms with Crippen LogP contribution in [0.15, 0.2) is 47.3 Å². The molecule has 0 bridgehead atoms. The van der Waals surface area contributed by atoms with E-state index >= 15 is 0 Å². The summed E-state index contributed by atoms with van der Waals surface area (Å²) in [5.74, 6) is 0.552. The summed E-state index contributed by atoms with van der Waals surface area (Å²) in [7, 11) is 0. The van der Waals surface area contributed by atoms with Gasteiger partial charge in [-0.25, -0.2) is 14.2 Å². The first-order chi connectivity index (χ1) is 15.3. The Morgan fingerprint density at radius 2 is 2.03 bits per heavy atom. The molecular formula is C25H28FN3O3. The van der Waals surface area contributed by atoms with Gasteiger partial charge in [-0.05, 0) is 48.1 Å². The lowest BCUT2D eigenvalue weighted by Gasteiger charge is -2.31. The van der Waals surface area contributed by atoms with Crippen molar-refractivity contribution in [3.05, 3.63) is 75.6 Å². The van der Waals surface area contributed by atoms with Crippen LogP contribution in [0.1, 0.15) is 49.6 Å². The zero-order valence-electron chi connectivity index (χ0n) is 18.4. The molecule has 1 fully saturated rings. The first kappa shape index (κ1) is 22.0. The number of carboxylic acid groups (broad SMARTS) is 1. The van der Waals surface area contributed by atoms with Gasteiger partial charge in [-0.2, -0.15) is 0 Å². The fraction of sp³-hybridized carbons (Fsp3) is 0.400. The van der Waals surface area contributed by atoms with E-state index in [1.807, 2.05) is 32.0 Å². The number of carbonyl (C=O) groups is 1. The quantitative estimate of drug-likeness (QED) is 0.631. The molecule has 1 aromatic heterocycles. The van der Waals surface area contributed by atoms with E-state index < -0.39 is 6.09 Å². The van der Waals surface area contributed by atoms with Gasteiger partial charge in [-0.3, -0.25) is 9.36 Å². The molecule has 168 valence electrons. The van der Waals surface area contributed by atoms with E-state index in [2.05, 4.69) is 0 Å². The third-order valence-electron chi connectivity index (χ3n) is 6.15. The number of benzene rings is 2. The normalized spacial score (nSPS) is 16.6. The molecule has 4 rings (SSSR count). The number of rotatable bonds is 5. The molecule has 0 unspecified atom stereocenters. The van der Waals surface area contributed by atoms with Gasteiger partial charge in [-0.1, -0.05) is 38.1 Å². The SMILES string of the molecule is CC(C)c1nc2ccc(Cc3ccccc3F)cc2c(=O)n1C[C@H]1CCCN(C(=O)O)C1. The van der Waals surface area contributed by atoms with E-state index in [-0.39, 0.29) is 23.2 Å². The zero-order valence-corrected chi connectivity index (χ0v) is 18.4. The largest absolute Gasteiger partial charge is 0.465 e. The van der Waals surface area contributed by atoms with Crippen molar-refractivity contribution in [1.29, 1.82) is 0 Å². The number of aromatic nitrogens is 2. The van der Waals surface area contributed by atoms with Crippen molar-refractivity contribution < 1.29 is 14.3 Å². The second-order valence-electron chi connectivity index (χ2n) is 8.90. The summed E-state index contributed by atoms with van der Waals surface area (Å²) in [6.07, 6.45) is 1.14. The number of hydrogen-bond acceptors (Lipinski definition) is 3. The molecule has 6 nitrogen and oxygen atoms in total. The Labute approximate surface area is 186 Å². The van der Waals surface area contributed by atoms with Crippen molar-refractivity contribution in [2.24, 2.45) is 5.92 Å². The van der Waals surface area contributed by atoms with Crippen molar-refractivity contribution in [3.63, 3.8) is 0 Å². The summed E-state index contributed by atoms with van der Waals surface area (Å²) in [6, 6.07) is 12.2. The van der Waals surface area contributed by atoms with Crippen molar-refractivity contribution in [3.8, 4) is 0 Å². The summed E-state index contributed by atoms with van der Waals surface area (Å²) in [4.78, 5) is 31.1. The van der Waals surface area contributed by atoms with Gasteiger partial charge in [0.1, 0.15) is 11.6 Å². The summed E-state index contributed by atoms with van der Waals surface area (Å²) in [5.41, 5.74) is 1.93. The van der Waals surface area contributed by atoms with Gasteiger partial charge >= 0.3 is 6.09 Å². The van der Waals surface area contributed by atoms with E-state index in [1.54, 1.807) is 22.8 Å². The van der Waals surface area contributed by atoms with E-state index in [9.17, 15) is 19.1 Å². The third kappa shape index (κ3) is 4.52. The van der Waals surface area contributed by atoms with Gasteiger partial charge in [0.25, 0.3) is 5.56 Å². The first-order valence-electron chi connectivity index (χ1n) is 11.1. The average molecular weight is 438 g/mol. The van der Waals surface area contributed by atoms with Gasteiger partial charge in [-0.15, -0.1) is 0 Å². The lowest BCUT2D eigenvalue weighted by molar-refractivity contribution is 0.116. The molecule has 2 aromatic carbocycles. The van der Waals surface area contributed by atoms with Gasteiger partial charge in [0.15, 0.2) is 0 Å². The van der Waals surface area contributed by atoms with Crippen LogP contribution in [0.2, 0.25) is 0 Å². The number of amides is 1. The van der Waals surface area contributed by atoms with Crippen LogP contribution in [-0.2, 0) is 13.0 Å². The van der Waals surface area contributed by atoms with Crippen LogP contribution in [-0.4, -0.2) is 38.7 Å². The van der Waals surface area contributed by atoms with Crippen LogP contribution in [0.5, 0.6) is 0 Å². The smallest absolute Gasteiger partial charge is 0.407 e. The Bertz CT molecular complexity index is 1200. The first-order valence-corrected chi connectivity index (χ1v) is 11.1. The zero-order chi connectivity index (χ0) is 22.8. The standard InChI is InChI=1S/C25H28FN3O3/c1-16(2)23-27-22-10-9-17(12-19-7-3-4-8-21(19)26)13-20(22)24(30)29(23)15-18-6-5-11-28(14-18)25(31)32/h3-4,7-10,13,16,18H,5-6,11-12,14-15H2,1-2H3,(H,31,32)/t18-/m0/s1. The molecule has 3 aromatic rings. The lowest BCUT2D eigenvalue weighted by atomic mass is 9.97. The summed E-state index contributed by atoms with van der Waals surface area (Å²) in [6.45, 7) is 5.40. The van der Waals surface area contributed by atoms with Crippen LogP contribution in [0.25, 0.3) is 10.9 Å². The molecule has 1 amide bonds. The highest BCUT2D eigenvalue weighted by Crippen LogP contribution is 2.23. The van der Waals surface area contributed by atoms with E-state index in [1.165, 1.54) is 11.0 Å². The predicted octanol–water partition coefficient (Wildman–Crippen LogP) is 4.64. The highest BCUT2D eigenvalue weighted by Gasteiger charge is 2.25. The van der Waals surface area contributed by atoms with Crippen molar-refractivity contribution in [2.75, 3.05) is 13.1 Å². The molecule has 1 aliphatic heterocycles. The summed E-state index contributed by atoms with van der Waals surface area (Å²) < 4.78 is 15.8. The molecule has 1 N–H and O–H groups in total. The van der Waals surface area contributed by atoms with Crippen LogP contribution < -0.4 is 5.56 Å². The predicted molar refractivity (Wildman–Crippen MR) is 122 cm³/mol. The molecule has 0 radical (unpaired) electrons.